The quantitative estimate of drug-likeness (QED) is 0.346. The molecule has 5 aromatic heterocycles. The number of fused-ring (bicyclic) bond motifs is 1. The molecule has 6 rings (SSSR count). The number of pyridine rings is 4. The third-order valence-electron chi connectivity index (χ3n) is 5.30. The van der Waals surface area contributed by atoms with Gasteiger partial charge < -0.3 is 9.47 Å². The van der Waals surface area contributed by atoms with Crippen LogP contribution in [-0.4, -0.2) is 33.1 Å². The van der Waals surface area contributed by atoms with Crippen LogP contribution in [0.15, 0.2) is 85.5 Å². The second-order valence-corrected chi connectivity index (χ2v) is 8.43. The number of hydrogen-bond donors (Lipinski definition) is 0. The van der Waals surface area contributed by atoms with E-state index in [0.29, 0.717) is 13.2 Å². The molecule has 6 nitrogen and oxygen atoms in total. The molecule has 6 heterocycles. The summed E-state index contributed by atoms with van der Waals surface area (Å²) in [6.45, 7) is 1.04. The predicted molar refractivity (Wildman–Crippen MR) is 128 cm³/mol. The van der Waals surface area contributed by atoms with E-state index in [1.165, 1.54) is 0 Å². The molecule has 0 amide bonds. The Kier molecular flexibility index (Phi) is 5.01. The van der Waals surface area contributed by atoms with Crippen LogP contribution >= 0.6 is 11.3 Å². The van der Waals surface area contributed by atoms with Crippen molar-refractivity contribution in [1.29, 1.82) is 0 Å². The van der Waals surface area contributed by atoms with Crippen LogP contribution < -0.4 is 9.47 Å². The monoisotopic (exact) mass is 450 g/mol. The Morgan fingerprint density at radius 2 is 1.03 bits per heavy atom. The fourth-order valence-corrected chi connectivity index (χ4v) is 4.89. The van der Waals surface area contributed by atoms with E-state index in [4.69, 9.17) is 9.47 Å². The number of nitrogens with zero attached hydrogens (tertiary/aromatic N) is 4. The third kappa shape index (κ3) is 3.72. The number of ether oxygens (including phenoxy) is 2. The summed E-state index contributed by atoms with van der Waals surface area (Å²) in [4.78, 5) is 20.0. The van der Waals surface area contributed by atoms with E-state index in [1.807, 2.05) is 73.1 Å². The van der Waals surface area contributed by atoms with Crippen LogP contribution in [0.3, 0.4) is 0 Å². The molecule has 1 aliphatic rings. The number of rotatable bonds is 4. The smallest absolute Gasteiger partial charge is 0.180 e. The molecule has 0 aromatic carbocycles. The largest absolute Gasteiger partial charge is 0.485 e. The van der Waals surface area contributed by atoms with E-state index in [9.17, 15) is 0 Å². The normalized spacial score (nSPS) is 12.5. The second kappa shape index (κ2) is 8.44. The molecular weight excluding hydrogens is 432 g/mol. The molecule has 0 fully saturated rings. The summed E-state index contributed by atoms with van der Waals surface area (Å²) >= 11 is 1.62. The fraction of sp³-hybridized carbons (Fsp3) is 0.0769. The Morgan fingerprint density at radius 1 is 0.545 bits per heavy atom. The molecule has 0 radical (unpaired) electrons. The first-order chi connectivity index (χ1) is 16.4. The molecule has 0 aliphatic carbocycles. The number of aromatic nitrogens is 4. The van der Waals surface area contributed by atoms with Crippen LogP contribution in [0.2, 0.25) is 0 Å². The molecule has 0 N–H and O–H groups in total. The molecular formula is C26H18N4O2S. The molecule has 7 heteroatoms. The van der Waals surface area contributed by atoms with Crippen LogP contribution in [-0.2, 0) is 0 Å². The first-order valence-electron chi connectivity index (χ1n) is 10.5. The second-order valence-electron chi connectivity index (χ2n) is 7.41. The maximum atomic E-state index is 6.03. The minimum Gasteiger partial charge on any atom is -0.485 e. The van der Waals surface area contributed by atoms with E-state index in [2.05, 4.69) is 19.9 Å². The minimum absolute atomic E-state index is 0.520. The van der Waals surface area contributed by atoms with Gasteiger partial charge in [-0.2, -0.15) is 0 Å². The van der Waals surface area contributed by atoms with Gasteiger partial charge in [-0.25, -0.2) is 0 Å². The lowest BCUT2D eigenvalue weighted by Crippen LogP contribution is -2.14. The van der Waals surface area contributed by atoms with Gasteiger partial charge in [0.2, 0.25) is 0 Å². The Bertz CT molecular complexity index is 1280. The van der Waals surface area contributed by atoms with Crippen LogP contribution in [0, 0.1) is 0 Å². The van der Waals surface area contributed by atoms with Gasteiger partial charge in [0.15, 0.2) is 11.5 Å². The van der Waals surface area contributed by atoms with Gasteiger partial charge in [0.25, 0.3) is 0 Å². The van der Waals surface area contributed by atoms with Gasteiger partial charge in [0.05, 0.1) is 32.5 Å². The molecule has 0 atom stereocenters. The summed E-state index contributed by atoms with van der Waals surface area (Å²) in [5, 5.41) is 0. The Balaban J connectivity index is 1.37. The molecule has 5 aromatic rings. The van der Waals surface area contributed by atoms with E-state index < -0.39 is 0 Å². The highest BCUT2D eigenvalue weighted by Gasteiger charge is 2.26. The summed E-state index contributed by atoms with van der Waals surface area (Å²) in [6.07, 6.45) is 7.26. The van der Waals surface area contributed by atoms with E-state index >= 15 is 0 Å². The van der Waals surface area contributed by atoms with Gasteiger partial charge in [-0.05, 0) is 48.5 Å². The van der Waals surface area contributed by atoms with Gasteiger partial charge in [-0.3, -0.25) is 19.9 Å². The standard InChI is InChI=1S/C26H18N4O2S/c1-3-11-27-19(5-1)21-9-7-17(15-29-21)25-23-24(32-14-13-31-23)26(33-25)18-8-10-22(30-16-18)20-6-2-4-12-28-20/h1-12,15-16H,13-14H2. The summed E-state index contributed by atoms with van der Waals surface area (Å²) in [6, 6.07) is 19.7. The van der Waals surface area contributed by atoms with Crippen molar-refractivity contribution in [2.24, 2.45) is 0 Å². The lowest BCUT2D eigenvalue weighted by atomic mass is 10.1. The van der Waals surface area contributed by atoms with Crippen molar-refractivity contribution < 1.29 is 9.47 Å². The fourth-order valence-electron chi connectivity index (χ4n) is 3.72. The molecule has 0 saturated carbocycles. The molecule has 0 spiro atoms. The van der Waals surface area contributed by atoms with Crippen molar-refractivity contribution in [3.63, 3.8) is 0 Å². The van der Waals surface area contributed by atoms with E-state index in [-0.39, 0.29) is 0 Å². The Hall–Kier alpha value is -4.10. The molecule has 0 unspecified atom stereocenters. The van der Waals surface area contributed by atoms with Crippen LogP contribution in [0.1, 0.15) is 0 Å². The summed E-state index contributed by atoms with van der Waals surface area (Å²) in [5.41, 5.74) is 5.30. The molecule has 33 heavy (non-hydrogen) atoms. The lowest BCUT2D eigenvalue weighted by molar-refractivity contribution is 0.175. The zero-order valence-corrected chi connectivity index (χ0v) is 18.3. The van der Waals surface area contributed by atoms with Crippen molar-refractivity contribution in [3.8, 4) is 55.2 Å². The van der Waals surface area contributed by atoms with Crippen molar-refractivity contribution in [2.45, 2.75) is 0 Å². The van der Waals surface area contributed by atoms with Gasteiger partial charge >= 0.3 is 0 Å². The Morgan fingerprint density at radius 3 is 1.42 bits per heavy atom. The van der Waals surface area contributed by atoms with Crippen molar-refractivity contribution in [2.75, 3.05) is 13.2 Å². The maximum Gasteiger partial charge on any atom is 0.180 e. The Labute approximate surface area is 194 Å². The lowest BCUT2D eigenvalue weighted by Gasteiger charge is -2.17. The average molecular weight is 451 g/mol. The van der Waals surface area contributed by atoms with Crippen LogP contribution in [0.5, 0.6) is 11.5 Å². The highest BCUT2D eigenvalue weighted by Crippen LogP contribution is 2.53. The highest BCUT2D eigenvalue weighted by atomic mass is 32.1. The molecule has 0 saturated heterocycles. The predicted octanol–water partition coefficient (Wildman–Crippen LogP) is 5.77. The van der Waals surface area contributed by atoms with Gasteiger partial charge in [0, 0.05) is 35.9 Å². The van der Waals surface area contributed by atoms with Gasteiger partial charge in [-0.15, -0.1) is 11.3 Å². The first-order valence-corrected chi connectivity index (χ1v) is 11.4. The zero-order valence-electron chi connectivity index (χ0n) is 17.5. The van der Waals surface area contributed by atoms with E-state index in [0.717, 1.165) is 55.2 Å². The molecule has 0 bridgehead atoms. The third-order valence-corrected chi connectivity index (χ3v) is 6.56. The number of thiophene rings is 1. The summed E-state index contributed by atoms with van der Waals surface area (Å²) in [7, 11) is 0. The molecule has 160 valence electrons. The van der Waals surface area contributed by atoms with E-state index in [1.54, 1.807) is 23.7 Å². The SMILES string of the molecule is c1ccc(-c2ccc(-c3sc(-c4ccc(-c5ccccn5)nc4)c4c3OCCO4)cn2)nc1. The average Bonchev–Trinajstić information content (AvgIpc) is 3.30. The highest BCUT2D eigenvalue weighted by molar-refractivity contribution is 7.19. The first kappa shape index (κ1) is 19.6. The van der Waals surface area contributed by atoms with Crippen LogP contribution in [0.25, 0.3) is 43.7 Å². The van der Waals surface area contributed by atoms with Gasteiger partial charge in [0.1, 0.15) is 13.2 Å². The van der Waals surface area contributed by atoms with Crippen molar-refractivity contribution in [1.82, 2.24) is 19.9 Å². The van der Waals surface area contributed by atoms with Crippen molar-refractivity contribution in [3.05, 3.63) is 85.5 Å². The zero-order chi connectivity index (χ0) is 22.0. The number of hydrogen-bond acceptors (Lipinski definition) is 7. The minimum atomic E-state index is 0.520. The molecule has 1 aliphatic heterocycles. The summed E-state index contributed by atoms with van der Waals surface area (Å²) < 4.78 is 12.1. The topological polar surface area (TPSA) is 70.0 Å². The van der Waals surface area contributed by atoms with Crippen molar-refractivity contribution >= 4 is 11.3 Å². The van der Waals surface area contributed by atoms with Crippen LogP contribution in [0.4, 0.5) is 0 Å². The maximum absolute atomic E-state index is 6.03. The summed E-state index contributed by atoms with van der Waals surface area (Å²) in [5.74, 6) is 1.53. The van der Waals surface area contributed by atoms with Gasteiger partial charge in [-0.1, -0.05) is 12.1 Å².